The van der Waals surface area contributed by atoms with Gasteiger partial charge in [0, 0.05) is 41.9 Å². The lowest BCUT2D eigenvalue weighted by Crippen LogP contribution is -2.21. The van der Waals surface area contributed by atoms with Crippen LogP contribution in [0.1, 0.15) is 28.4 Å². The van der Waals surface area contributed by atoms with Crippen molar-refractivity contribution in [2.45, 2.75) is 19.9 Å². The van der Waals surface area contributed by atoms with Crippen molar-refractivity contribution in [1.82, 2.24) is 0 Å². The SMILES string of the molecule is COC(=O)c1cccc2c1CCN2Cc1cc(Cl)ccc1OC[C@@H](C)CO. The normalized spacial score (nSPS) is 14.0. The molecule has 3 rings (SSSR count). The van der Waals surface area contributed by atoms with Crippen LogP contribution in [0.3, 0.4) is 0 Å². The second-order valence-corrected chi connectivity index (χ2v) is 7.25. The van der Waals surface area contributed by atoms with Gasteiger partial charge < -0.3 is 19.5 Å². The van der Waals surface area contributed by atoms with Crippen molar-refractivity contribution in [3.05, 3.63) is 58.1 Å². The summed E-state index contributed by atoms with van der Waals surface area (Å²) in [6, 6.07) is 11.3. The molecule has 5 nitrogen and oxygen atoms in total. The van der Waals surface area contributed by atoms with Crippen LogP contribution in [-0.2, 0) is 17.7 Å². The van der Waals surface area contributed by atoms with Crippen LogP contribution in [0, 0.1) is 5.92 Å². The molecular weight excluding hydrogens is 366 g/mol. The van der Waals surface area contributed by atoms with Gasteiger partial charge in [0.25, 0.3) is 0 Å². The molecule has 1 N–H and O–H groups in total. The molecule has 0 unspecified atom stereocenters. The minimum absolute atomic E-state index is 0.0589. The van der Waals surface area contributed by atoms with Crippen molar-refractivity contribution in [2.75, 3.05) is 31.8 Å². The van der Waals surface area contributed by atoms with Gasteiger partial charge >= 0.3 is 5.97 Å². The molecule has 6 heteroatoms. The number of esters is 1. The van der Waals surface area contributed by atoms with Crippen LogP contribution in [0.25, 0.3) is 0 Å². The number of carbonyl (C=O) groups excluding carboxylic acids is 1. The molecular formula is C21H24ClNO4. The Morgan fingerprint density at radius 1 is 1.33 bits per heavy atom. The Hall–Kier alpha value is -2.24. The largest absolute Gasteiger partial charge is 0.493 e. The van der Waals surface area contributed by atoms with Crippen molar-refractivity contribution >= 4 is 23.3 Å². The van der Waals surface area contributed by atoms with Crippen molar-refractivity contribution in [3.63, 3.8) is 0 Å². The van der Waals surface area contributed by atoms with E-state index < -0.39 is 0 Å². The third kappa shape index (κ3) is 4.37. The predicted molar refractivity (Wildman–Crippen MR) is 106 cm³/mol. The number of methoxy groups -OCH3 is 1. The highest BCUT2D eigenvalue weighted by Gasteiger charge is 2.25. The maximum Gasteiger partial charge on any atom is 0.338 e. The molecule has 27 heavy (non-hydrogen) atoms. The first-order valence-electron chi connectivity index (χ1n) is 9.00. The molecule has 0 fully saturated rings. The molecule has 1 heterocycles. The summed E-state index contributed by atoms with van der Waals surface area (Å²) in [6.07, 6.45) is 0.791. The Morgan fingerprint density at radius 3 is 2.89 bits per heavy atom. The summed E-state index contributed by atoms with van der Waals surface area (Å²) in [5.41, 5.74) is 3.65. The molecule has 0 saturated carbocycles. The molecule has 0 amide bonds. The number of nitrogens with zero attached hydrogens (tertiary/aromatic N) is 1. The van der Waals surface area contributed by atoms with Gasteiger partial charge in [0.1, 0.15) is 5.75 Å². The van der Waals surface area contributed by atoms with Crippen molar-refractivity contribution in [3.8, 4) is 5.75 Å². The number of anilines is 1. The summed E-state index contributed by atoms with van der Waals surface area (Å²) in [4.78, 5) is 14.2. The van der Waals surface area contributed by atoms with Crippen LogP contribution < -0.4 is 9.64 Å². The van der Waals surface area contributed by atoms with Gasteiger partial charge in [-0.25, -0.2) is 4.79 Å². The first-order chi connectivity index (χ1) is 13.0. The van der Waals surface area contributed by atoms with Crippen LogP contribution >= 0.6 is 11.6 Å². The van der Waals surface area contributed by atoms with E-state index in [9.17, 15) is 9.90 Å². The van der Waals surface area contributed by atoms with Crippen molar-refractivity contribution in [1.29, 1.82) is 0 Å². The Balaban J connectivity index is 1.84. The number of hydrogen-bond acceptors (Lipinski definition) is 5. The molecule has 144 valence electrons. The summed E-state index contributed by atoms with van der Waals surface area (Å²) in [6.45, 7) is 3.89. The Kier molecular flexibility index (Phi) is 6.24. The Labute approximate surface area is 164 Å². The standard InChI is InChI=1S/C21H24ClNO4/c1-14(12-24)13-27-20-7-6-16(22)10-15(20)11-23-9-8-17-18(21(25)26-2)4-3-5-19(17)23/h3-7,10,14,24H,8-9,11-13H2,1-2H3/t14-/m0/s1. The first-order valence-corrected chi connectivity index (χ1v) is 9.38. The van der Waals surface area contributed by atoms with E-state index in [1.165, 1.54) is 7.11 Å². The monoisotopic (exact) mass is 389 g/mol. The molecule has 0 aromatic heterocycles. The van der Waals surface area contributed by atoms with Crippen LogP contribution in [0.4, 0.5) is 5.69 Å². The lowest BCUT2D eigenvalue weighted by Gasteiger charge is -2.22. The fraction of sp³-hybridized carbons (Fsp3) is 0.381. The van der Waals surface area contributed by atoms with E-state index in [0.717, 1.165) is 35.5 Å². The maximum atomic E-state index is 12.0. The predicted octanol–water partition coefficient (Wildman–Crippen LogP) is 3.70. The smallest absolute Gasteiger partial charge is 0.338 e. The van der Waals surface area contributed by atoms with Gasteiger partial charge in [-0.2, -0.15) is 0 Å². The molecule has 0 aliphatic carbocycles. The number of ether oxygens (including phenoxy) is 2. The van der Waals surface area contributed by atoms with Crippen molar-refractivity contribution in [2.24, 2.45) is 5.92 Å². The number of halogens is 1. The number of carbonyl (C=O) groups is 1. The van der Waals surface area contributed by atoms with E-state index in [1.807, 2.05) is 31.2 Å². The van der Waals surface area contributed by atoms with Crippen molar-refractivity contribution < 1.29 is 19.4 Å². The van der Waals surface area contributed by atoms with Gasteiger partial charge in [0.2, 0.25) is 0 Å². The van der Waals surface area contributed by atoms with Gasteiger partial charge in [-0.05, 0) is 42.3 Å². The molecule has 0 radical (unpaired) electrons. The highest BCUT2D eigenvalue weighted by Crippen LogP contribution is 2.34. The van der Waals surface area contributed by atoms with E-state index >= 15 is 0 Å². The number of fused-ring (bicyclic) bond motifs is 1. The van der Waals surface area contributed by atoms with E-state index in [2.05, 4.69) is 4.90 Å². The topological polar surface area (TPSA) is 59.0 Å². The zero-order valence-corrected chi connectivity index (χ0v) is 16.3. The second-order valence-electron chi connectivity index (χ2n) is 6.82. The molecule has 0 spiro atoms. The quantitative estimate of drug-likeness (QED) is 0.732. The van der Waals surface area contributed by atoms with E-state index in [4.69, 9.17) is 21.1 Å². The summed E-state index contributed by atoms with van der Waals surface area (Å²) in [7, 11) is 1.40. The molecule has 1 aliphatic heterocycles. The van der Waals surface area contributed by atoms with Crippen LogP contribution in [-0.4, -0.2) is 37.9 Å². The summed E-state index contributed by atoms with van der Waals surface area (Å²) in [5, 5.41) is 9.86. The third-order valence-electron chi connectivity index (χ3n) is 4.75. The average Bonchev–Trinajstić information content (AvgIpc) is 3.09. The van der Waals surface area contributed by atoms with Gasteiger partial charge in [-0.3, -0.25) is 0 Å². The lowest BCUT2D eigenvalue weighted by atomic mass is 10.1. The van der Waals surface area contributed by atoms with Crippen LogP contribution in [0.15, 0.2) is 36.4 Å². The van der Waals surface area contributed by atoms with Gasteiger partial charge in [0.15, 0.2) is 0 Å². The minimum Gasteiger partial charge on any atom is -0.493 e. The minimum atomic E-state index is -0.307. The zero-order valence-electron chi connectivity index (χ0n) is 15.6. The van der Waals surface area contributed by atoms with E-state index in [0.29, 0.717) is 23.7 Å². The first kappa shape index (κ1) is 19.5. The summed E-state index contributed by atoms with van der Waals surface area (Å²) < 4.78 is 10.8. The van der Waals surface area contributed by atoms with Gasteiger partial charge in [-0.1, -0.05) is 24.6 Å². The molecule has 1 aliphatic rings. The summed E-state index contributed by atoms with van der Waals surface area (Å²) >= 11 is 6.20. The molecule has 1 atom stereocenters. The maximum absolute atomic E-state index is 12.0. The van der Waals surface area contributed by atoms with E-state index in [-0.39, 0.29) is 18.5 Å². The fourth-order valence-electron chi connectivity index (χ4n) is 3.27. The molecule has 0 bridgehead atoms. The number of aliphatic hydroxyl groups excluding tert-OH is 1. The molecule has 2 aromatic carbocycles. The highest BCUT2D eigenvalue weighted by atomic mass is 35.5. The van der Waals surface area contributed by atoms with Crippen LogP contribution in [0.2, 0.25) is 5.02 Å². The number of aliphatic hydroxyl groups is 1. The fourth-order valence-corrected chi connectivity index (χ4v) is 3.46. The third-order valence-corrected chi connectivity index (χ3v) is 4.98. The van der Waals surface area contributed by atoms with E-state index in [1.54, 1.807) is 12.1 Å². The number of hydrogen-bond donors (Lipinski definition) is 1. The lowest BCUT2D eigenvalue weighted by molar-refractivity contribution is 0.0599. The highest BCUT2D eigenvalue weighted by molar-refractivity contribution is 6.30. The van der Waals surface area contributed by atoms with Gasteiger partial charge in [0.05, 0.1) is 19.3 Å². The second kappa shape index (κ2) is 8.63. The molecule has 2 aromatic rings. The zero-order chi connectivity index (χ0) is 19.4. The Morgan fingerprint density at radius 2 is 2.15 bits per heavy atom. The number of rotatable bonds is 7. The number of benzene rings is 2. The summed E-state index contributed by atoms with van der Waals surface area (Å²) in [5.74, 6) is 0.513. The average molecular weight is 390 g/mol. The Bertz CT molecular complexity index is 824. The van der Waals surface area contributed by atoms with Crippen LogP contribution in [0.5, 0.6) is 5.75 Å². The molecule has 0 saturated heterocycles. The van der Waals surface area contributed by atoms with Gasteiger partial charge in [-0.15, -0.1) is 0 Å².